The molecule has 0 bridgehead atoms. The van der Waals surface area contributed by atoms with Crippen LogP contribution in [0.1, 0.15) is 104 Å². The van der Waals surface area contributed by atoms with E-state index in [9.17, 15) is 0 Å². The smallest absolute Gasteiger partial charge is 0.0314 e. The number of aromatic nitrogens is 8. The number of aryl methyl sites for hydroxylation is 9. The Labute approximate surface area is 891 Å². The Bertz CT molecular complexity index is 7160. The molecule has 696 valence electrons. The van der Waals surface area contributed by atoms with Gasteiger partial charge >= 0.3 is 0 Å². The molecule has 0 aliphatic rings. The van der Waals surface area contributed by atoms with E-state index in [1.54, 1.807) is 61.9 Å². The molecule has 0 atom stereocenters. The van der Waals surface area contributed by atoms with E-state index in [-0.39, 0.29) is 86.0 Å². The second-order valence-corrected chi connectivity index (χ2v) is 30.2. The van der Waals surface area contributed by atoms with Gasteiger partial charge in [-0.2, -0.15) is 0 Å². The van der Waals surface area contributed by atoms with Crippen molar-refractivity contribution in [2.45, 2.75) is 94.1 Å². The number of pyridine rings is 8. The van der Waals surface area contributed by atoms with Gasteiger partial charge in [-0.3, -0.25) is 0 Å². The Balaban J connectivity index is 0.000000193. The first-order chi connectivity index (χ1) is 71.1. The van der Waals surface area contributed by atoms with E-state index < -0.39 is 39.2 Å². The third-order valence-corrected chi connectivity index (χ3v) is 21.1. The van der Waals surface area contributed by atoms with Crippen LogP contribution in [0.25, 0.3) is 135 Å². The third kappa shape index (κ3) is 32.6. The van der Waals surface area contributed by atoms with Gasteiger partial charge in [0, 0.05) is 171 Å². The van der Waals surface area contributed by atoms with E-state index in [0.717, 1.165) is 96.3 Å². The summed E-state index contributed by atoms with van der Waals surface area (Å²) in [7, 11) is 0. The van der Waals surface area contributed by atoms with E-state index in [1.165, 1.54) is 89.3 Å². The van der Waals surface area contributed by atoms with Crippen LogP contribution in [0.5, 0.6) is 0 Å². The standard InChI is InChI=1S/2C19H16N.2C18H14N.4C13H12N.4Ir/c2*1-2-15-13-19(17-11-7-4-8-12-17)20-14-18(15)16-9-5-3-6-10-16;2*1-14-12-18(16-10-6-3-7-11-16)19-13-17(14)15-8-4-2-5-9-15;1-10-8-13(14-9-11(10)2)12-6-4-3-5-7-12;3*1-2-11-8-9-13(14-10-11)12-6-4-3-5-7-12;;;;/h2*3-11,13-14H,2H2,1H3;2*2-10,12-13H,1H3;3-6,8-9H,1-2H3;3*3-6,8-10H,2H2,1H3;;;;/q8*-1;;;;/i1D3,2D2;;;;2D3;3*2D2;;;;. The fourth-order valence-corrected chi connectivity index (χ4v) is 13.8. The van der Waals surface area contributed by atoms with Gasteiger partial charge in [0.2, 0.25) is 0 Å². The van der Waals surface area contributed by atoms with Gasteiger partial charge in [0.1, 0.15) is 0 Å². The molecule has 8 nitrogen and oxygen atoms in total. The Morgan fingerprint density at radius 3 is 0.681 bits per heavy atom. The van der Waals surface area contributed by atoms with Crippen LogP contribution >= 0.6 is 0 Å². The summed E-state index contributed by atoms with van der Waals surface area (Å²) in [6.07, 6.45) is 8.03. The maximum atomic E-state index is 8.23. The summed E-state index contributed by atoms with van der Waals surface area (Å²) in [6.45, 7) is 7.89. The monoisotopic (exact) mass is 2520 g/mol. The molecule has 0 N–H and O–H groups in total. The van der Waals surface area contributed by atoms with Crippen LogP contribution in [0.3, 0.4) is 0 Å². The number of hydrogen-bond acceptors (Lipinski definition) is 8. The van der Waals surface area contributed by atoms with E-state index in [0.29, 0.717) is 39.1 Å². The molecule has 0 spiro atoms. The van der Waals surface area contributed by atoms with Crippen molar-refractivity contribution < 1.29 is 99.6 Å². The summed E-state index contributed by atoms with van der Waals surface area (Å²) in [6, 6.07) is 147. The average Bonchev–Trinajstić information content (AvgIpc) is 0.755. The van der Waals surface area contributed by atoms with E-state index in [2.05, 4.69) is 176 Å². The van der Waals surface area contributed by atoms with Gasteiger partial charge in [-0.15, -0.1) is 287 Å². The molecule has 20 aromatic rings. The molecule has 0 aliphatic carbocycles. The molecule has 0 amide bonds. The fourth-order valence-electron chi connectivity index (χ4n) is 13.8. The van der Waals surface area contributed by atoms with Crippen LogP contribution in [0, 0.1) is 76.2 Å². The van der Waals surface area contributed by atoms with Gasteiger partial charge in [0.05, 0.1) is 0 Å². The molecule has 138 heavy (non-hydrogen) atoms. The van der Waals surface area contributed by atoms with Crippen molar-refractivity contribution in [1.29, 1.82) is 0 Å². The first-order valence-electron chi connectivity index (χ1n) is 50.9. The third-order valence-electron chi connectivity index (χ3n) is 21.1. The summed E-state index contributed by atoms with van der Waals surface area (Å²) in [5.41, 5.74) is 29.1. The Morgan fingerprint density at radius 1 is 0.217 bits per heavy atom. The minimum atomic E-state index is -2.80. The molecule has 8 aromatic heterocycles. The number of nitrogens with zero attached hydrogens (tertiary/aromatic N) is 8. The van der Waals surface area contributed by atoms with Gasteiger partial charge in [-0.25, -0.2) is 0 Å². The second kappa shape index (κ2) is 58.8. The largest absolute Gasteiger partial charge is 0.304 e. The predicted octanol–water partition coefficient (Wildman–Crippen LogP) is 31.1. The number of rotatable bonds is 17. The normalized spacial score (nSPS) is 12.1. The first kappa shape index (κ1) is 88.4. The summed E-state index contributed by atoms with van der Waals surface area (Å²) in [5, 5.41) is 0. The van der Waals surface area contributed by atoms with Gasteiger partial charge in [0.15, 0.2) is 0 Å². The molecule has 12 aromatic carbocycles. The van der Waals surface area contributed by atoms with Crippen LogP contribution in [-0.4, -0.2) is 39.9 Å². The number of hydrogen-bond donors (Lipinski definition) is 0. The maximum Gasteiger partial charge on any atom is 0.0314 e. The van der Waals surface area contributed by atoms with Gasteiger partial charge < -0.3 is 39.9 Å². The van der Waals surface area contributed by atoms with Crippen LogP contribution in [0.2, 0.25) is 0 Å². The van der Waals surface area contributed by atoms with Gasteiger partial charge in [-0.1, -0.05) is 228 Å². The summed E-state index contributed by atoms with van der Waals surface area (Å²) >= 11 is 0. The molecule has 12 heteroatoms. The van der Waals surface area contributed by atoms with Crippen LogP contribution in [0.4, 0.5) is 0 Å². The van der Waals surface area contributed by atoms with Gasteiger partial charge in [0.25, 0.3) is 0 Å². The zero-order valence-corrected chi connectivity index (χ0v) is 86.7. The molecular weight excluding hydrogens is 2390 g/mol. The van der Waals surface area contributed by atoms with E-state index >= 15 is 0 Å². The van der Waals surface area contributed by atoms with Crippen LogP contribution in [-0.2, 0) is 112 Å². The van der Waals surface area contributed by atoms with E-state index in [4.69, 9.17) is 19.2 Å². The molecule has 0 saturated heterocycles. The molecule has 4 radical (unpaired) electrons. The molecular formula is C126H108Ir4N8-8. The molecule has 0 fully saturated rings. The zero-order chi connectivity index (χ0) is 105. The maximum absolute atomic E-state index is 8.23. The molecule has 0 aliphatic heterocycles. The van der Waals surface area contributed by atoms with Gasteiger partial charge in [-0.05, 0) is 172 Å². The first-order valence-corrected chi connectivity index (χ1v) is 43.9. The topological polar surface area (TPSA) is 103 Å². The molecule has 20 rings (SSSR count). The van der Waals surface area contributed by atoms with Crippen molar-refractivity contribution in [1.82, 2.24) is 39.9 Å². The van der Waals surface area contributed by atoms with Crippen molar-refractivity contribution >= 4 is 0 Å². The Morgan fingerprint density at radius 2 is 0.449 bits per heavy atom. The SMILES string of the molecule is CCc1cc(-c2[c-]cccc2)ncc1-c1ccccc1.Cc1cc(-c2[c-]cccc2)ncc1-c1ccccc1.Cc1cc(-c2[c-]cccc2)ncc1-c1ccccc1.[2H]C([2H])(C)c1ccc(-c2[c-]cccc2)nc1.[2H]C([2H])(C)c1ccc(-c2[c-]cccc2)nc1.[2H]C([2H])(C)c1ccc(-c2[c-]cccc2)nc1.[2H]C([2H])([2H])C([2H])([2H])c1cc(-c2[c-]cccc2)ncc1-c1ccccc1.[2H]C([2H])([2H])c1cnc(-c2[c-]cccc2)cc1C.[Ir].[Ir].[Ir].[Ir]. The fraction of sp³-hybridized carbons (Fsp3) is 0.111. The Kier molecular flexibility index (Phi) is 37.7. The van der Waals surface area contributed by atoms with E-state index in [1.807, 2.05) is 292 Å². The van der Waals surface area contributed by atoms with Crippen molar-refractivity contribution in [2.24, 2.45) is 0 Å². The second-order valence-electron chi connectivity index (χ2n) is 30.2. The quantitative estimate of drug-likeness (QED) is 0.0831. The minimum absolute atomic E-state index is 0. The van der Waals surface area contributed by atoms with Crippen LogP contribution in [0.15, 0.2) is 432 Å². The number of benzene rings is 12. The average molecular weight is 2520 g/mol. The van der Waals surface area contributed by atoms with Crippen molar-refractivity contribution in [3.63, 3.8) is 0 Å². The summed E-state index contributed by atoms with van der Waals surface area (Å²) < 4.78 is 107. The van der Waals surface area contributed by atoms with Crippen LogP contribution < -0.4 is 0 Å². The predicted molar refractivity (Wildman–Crippen MR) is 556 cm³/mol. The Hall–Kier alpha value is -13.6. The van der Waals surface area contributed by atoms with Crippen molar-refractivity contribution in [3.05, 3.63) is 530 Å². The molecule has 0 saturated carbocycles. The van der Waals surface area contributed by atoms with Crippen molar-refractivity contribution in [3.8, 4) is 135 Å². The van der Waals surface area contributed by atoms with Crippen molar-refractivity contribution in [2.75, 3.05) is 0 Å². The minimum Gasteiger partial charge on any atom is -0.304 e. The summed E-state index contributed by atoms with van der Waals surface area (Å²) in [4.78, 5) is 35.0. The zero-order valence-electron chi connectivity index (χ0n) is 91.1. The summed E-state index contributed by atoms with van der Waals surface area (Å²) in [5.74, 6) is 0. The molecule has 0 unspecified atom stereocenters. The molecule has 8 heterocycles.